The average Bonchev–Trinajstić information content (AvgIpc) is 3.34. The summed E-state index contributed by atoms with van der Waals surface area (Å²) in [6.07, 6.45) is 3.98. The summed E-state index contributed by atoms with van der Waals surface area (Å²) in [4.78, 5) is 21.9. The van der Waals surface area contributed by atoms with Gasteiger partial charge in [0.2, 0.25) is 0 Å². The molecule has 1 aliphatic carbocycles. The number of carbonyl (C=O) groups is 1. The third kappa shape index (κ3) is 5.80. The standard InChI is InChI=1S/C26H27ClF3N5O2/c27-18-8-4-16(5-9-18)22-21(20-12-13-31-25(32-20)37-24(36)26(28,29)30)23(34-33-22)17-6-10-19(11-7-17)35-14-2-1-3-15-35/h4-5,8-9,12-13,17,19H,1-3,6-7,10-11,14-15H2,(H,33,34). The van der Waals surface area contributed by atoms with E-state index in [0.717, 1.165) is 50.0 Å². The van der Waals surface area contributed by atoms with Crippen molar-refractivity contribution < 1.29 is 22.7 Å². The predicted octanol–water partition coefficient (Wildman–Crippen LogP) is 6.17. The third-order valence-corrected chi connectivity index (χ3v) is 7.48. The van der Waals surface area contributed by atoms with E-state index in [1.165, 1.54) is 25.5 Å². The molecular weight excluding hydrogens is 507 g/mol. The van der Waals surface area contributed by atoms with E-state index in [0.29, 0.717) is 28.0 Å². The Morgan fingerprint density at radius 2 is 1.73 bits per heavy atom. The molecule has 0 atom stereocenters. The number of piperidine rings is 1. The second kappa shape index (κ2) is 10.8. The topological polar surface area (TPSA) is 84.0 Å². The smallest absolute Gasteiger partial charge is 0.384 e. The number of aromatic nitrogens is 4. The first-order chi connectivity index (χ1) is 17.8. The van der Waals surface area contributed by atoms with Gasteiger partial charge >= 0.3 is 18.2 Å². The summed E-state index contributed by atoms with van der Waals surface area (Å²) in [6.45, 7) is 2.32. The minimum Gasteiger partial charge on any atom is -0.384 e. The van der Waals surface area contributed by atoms with Crippen molar-refractivity contribution in [2.24, 2.45) is 0 Å². The first-order valence-electron chi connectivity index (χ1n) is 12.5. The monoisotopic (exact) mass is 533 g/mol. The number of alkyl halides is 3. The van der Waals surface area contributed by atoms with Crippen molar-refractivity contribution in [1.29, 1.82) is 0 Å². The summed E-state index contributed by atoms with van der Waals surface area (Å²) < 4.78 is 42.6. The first-order valence-corrected chi connectivity index (χ1v) is 12.9. The molecule has 37 heavy (non-hydrogen) atoms. The highest BCUT2D eigenvalue weighted by Gasteiger charge is 2.42. The number of carbonyl (C=O) groups excluding carboxylic acids is 1. The van der Waals surface area contributed by atoms with Crippen LogP contribution in [0, 0.1) is 0 Å². The fourth-order valence-corrected chi connectivity index (χ4v) is 5.54. The summed E-state index contributed by atoms with van der Waals surface area (Å²) in [7, 11) is 0. The number of H-pyrrole nitrogens is 1. The van der Waals surface area contributed by atoms with E-state index in [2.05, 4.69) is 29.8 Å². The van der Waals surface area contributed by atoms with Gasteiger partial charge in [0.15, 0.2) is 0 Å². The number of hydrogen-bond acceptors (Lipinski definition) is 6. The van der Waals surface area contributed by atoms with Crippen LogP contribution in [0.4, 0.5) is 13.2 Å². The largest absolute Gasteiger partial charge is 0.491 e. The molecule has 2 aliphatic rings. The molecule has 11 heteroatoms. The number of likely N-dealkylation sites (tertiary alicyclic amines) is 1. The van der Waals surface area contributed by atoms with Crippen LogP contribution in [-0.2, 0) is 4.79 Å². The van der Waals surface area contributed by atoms with Crippen LogP contribution >= 0.6 is 11.6 Å². The summed E-state index contributed by atoms with van der Waals surface area (Å²) in [5.41, 5.74) is 3.23. The maximum Gasteiger partial charge on any atom is 0.491 e. The zero-order valence-corrected chi connectivity index (χ0v) is 20.9. The van der Waals surface area contributed by atoms with Crippen LogP contribution in [0.2, 0.25) is 5.02 Å². The van der Waals surface area contributed by atoms with E-state index in [1.54, 1.807) is 18.2 Å². The molecule has 196 valence electrons. The first kappa shape index (κ1) is 25.7. The maximum absolute atomic E-state index is 12.7. The Morgan fingerprint density at radius 1 is 1.03 bits per heavy atom. The number of benzene rings is 1. The van der Waals surface area contributed by atoms with Gasteiger partial charge in [-0.25, -0.2) is 9.78 Å². The Morgan fingerprint density at radius 3 is 2.41 bits per heavy atom. The van der Waals surface area contributed by atoms with Crippen molar-refractivity contribution in [1.82, 2.24) is 25.1 Å². The minimum absolute atomic E-state index is 0.181. The van der Waals surface area contributed by atoms with Crippen LogP contribution in [0.5, 0.6) is 6.01 Å². The van der Waals surface area contributed by atoms with Crippen LogP contribution in [0.3, 0.4) is 0 Å². The quantitative estimate of drug-likeness (QED) is 0.395. The highest BCUT2D eigenvalue weighted by molar-refractivity contribution is 6.30. The molecule has 0 radical (unpaired) electrons. The molecule has 3 heterocycles. The molecule has 0 amide bonds. The number of hydrogen-bond donors (Lipinski definition) is 1. The molecule has 0 bridgehead atoms. The van der Waals surface area contributed by atoms with Crippen LogP contribution in [0.1, 0.15) is 56.6 Å². The van der Waals surface area contributed by atoms with Gasteiger partial charge in [-0.2, -0.15) is 23.3 Å². The normalized spacial score (nSPS) is 21.1. The molecule has 1 aromatic carbocycles. The lowest BCUT2D eigenvalue weighted by atomic mass is 9.81. The third-order valence-electron chi connectivity index (χ3n) is 7.23. The Balaban J connectivity index is 1.46. The second-order valence-electron chi connectivity index (χ2n) is 9.58. The van der Waals surface area contributed by atoms with E-state index in [1.807, 2.05) is 12.1 Å². The van der Waals surface area contributed by atoms with Crippen molar-refractivity contribution in [3.05, 3.63) is 47.2 Å². The Bertz CT molecular complexity index is 1230. The highest BCUT2D eigenvalue weighted by Crippen LogP contribution is 2.42. The van der Waals surface area contributed by atoms with Crippen molar-refractivity contribution in [3.63, 3.8) is 0 Å². The van der Waals surface area contributed by atoms with Crippen molar-refractivity contribution in [2.75, 3.05) is 13.1 Å². The number of nitrogens with one attached hydrogen (secondary N) is 1. The zero-order valence-electron chi connectivity index (χ0n) is 20.1. The van der Waals surface area contributed by atoms with E-state index in [-0.39, 0.29) is 5.92 Å². The Labute approximate surface area is 217 Å². The molecular formula is C26H27ClF3N5O2. The molecule has 7 nitrogen and oxygen atoms in total. The molecule has 1 aliphatic heterocycles. The van der Waals surface area contributed by atoms with Crippen LogP contribution in [0.25, 0.3) is 22.5 Å². The Hall–Kier alpha value is -2.98. The van der Waals surface area contributed by atoms with Gasteiger partial charge in [-0.3, -0.25) is 5.10 Å². The van der Waals surface area contributed by atoms with Gasteiger partial charge in [0.25, 0.3) is 0 Å². The molecule has 0 unspecified atom stereocenters. The van der Waals surface area contributed by atoms with Crippen LogP contribution in [0.15, 0.2) is 36.5 Å². The molecule has 1 saturated carbocycles. The van der Waals surface area contributed by atoms with E-state index in [4.69, 9.17) is 11.6 Å². The fraction of sp³-hybridized carbons (Fsp3) is 0.462. The second-order valence-corrected chi connectivity index (χ2v) is 10.0. The van der Waals surface area contributed by atoms with Crippen LogP contribution in [-0.4, -0.2) is 56.3 Å². The van der Waals surface area contributed by atoms with Gasteiger partial charge < -0.3 is 9.64 Å². The summed E-state index contributed by atoms with van der Waals surface area (Å²) in [5.74, 6) is -2.19. The predicted molar refractivity (Wildman–Crippen MR) is 132 cm³/mol. The Kier molecular flexibility index (Phi) is 7.48. The number of ether oxygens (including phenoxy) is 1. The average molecular weight is 534 g/mol. The van der Waals surface area contributed by atoms with Gasteiger partial charge in [-0.1, -0.05) is 30.2 Å². The summed E-state index contributed by atoms with van der Waals surface area (Å²) in [6, 6.07) is 8.63. The van der Waals surface area contributed by atoms with E-state index < -0.39 is 18.2 Å². The maximum atomic E-state index is 12.7. The minimum atomic E-state index is -5.15. The van der Waals surface area contributed by atoms with Gasteiger partial charge in [-0.05, 0) is 69.8 Å². The van der Waals surface area contributed by atoms with Gasteiger partial charge in [0.1, 0.15) is 5.69 Å². The number of halogens is 4. The van der Waals surface area contributed by atoms with E-state index >= 15 is 0 Å². The highest BCUT2D eigenvalue weighted by atomic mass is 35.5. The number of nitrogens with zero attached hydrogens (tertiary/aromatic N) is 4. The molecule has 1 N–H and O–H groups in total. The van der Waals surface area contributed by atoms with Gasteiger partial charge in [0.05, 0.1) is 5.69 Å². The van der Waals surface area contributed by atoms with Gasteiger partial charge in [0, 0.05) is 40.0 Å². The molecule has 3 aromatic rings. The lowest BCUT2D eigenvalue weighted by molar-refractivity contribution is -0.190. The number of esters is 1. The van der Waals surface area contributed by atoms with Gasteiger partial charge in [-0.15, -0.1) is 0 Å². The van der Waals surface area contributed by atoms with Crippen molar-refractivity contribution in [3.8, 4) is 28.5 Å². The summed E-state index contributed by atoms with van der Waals surface area (Å²) >= 11 is 6.07. The summed E-state index contributed by atoms with van der Waals surface area (Å²) in [5, 5.41) is 8.34. The van der Waals surface area contributed by atoms with E-state index in [9.17, 15) is 18.0 Å². The molecule has 2 fully saturated rings. The molecule has 1 saturated heterocycles. The van der Waals surface area contributed by atoms with Crippen LogP contribution < -0.4 is 4.74 Å². The SMILES string of the molecule is O=C(Oc1nccc(-c2c(-c3ccc(Cl)cc3)n[nH]c2C2CCC(N3CCCCC3)CC2)n1)C(F)(F)F. The number of rotatable bonds is 5. The molecule has 0 spiro atoms. The van der Waals surface area contributed by atoms with Crippen molar-refractivity contribution in [2.45, 2.75) is 63.1 Å². The van der Waals surface area contributed by atoms with Crippen molar-refractivity contribution >= 4 is 17.6 Å². The zero-order chi connectivity index (χ0) is 26.0. The molecule has 2 aromatic heterocycles. The lowest BCUT2D eigenvalue weighted by Crippen LogP contribution is -2.41. The fourth-order valence-electron chi connectivity index (χ4n) is 5.41. The molecule has 5 rings (SSSR count). The lowest BCUT2D eigenvalue weighted by Gasteiger charge is -2.38. The number of aromatic amines is 1.